The third-order valence-electron chi connectivity index (χ3n) is 3.21. The van der Waals surface area contributed by atoms with Gasteiger partial charge in [0.05, 0.1) is 32.5 Å². The molecule has 1 aromatic rings. The monoisotopic (exact) mass is 281 g/mol. The SMILES string of the molecule is CCCOCCOC(C)C(NC)c1ccc(OC)cc1. The fourth-order valence-corrected chi connectivity index (χ4v) is 2.12. The topological polar surface area (TPSA) is 39.7 Å². The average Bonchev–Trinajstić information content (AvgIpc) is 2.48. The highest BCUT2D eigenvalue weighted by Gasteiger charge is 2.18. The fourth-order valence-electron chi connectivity index (χ4n) is 2.12. The summed E-state index contributed by atoms with van der Waals surface area (Å²) >= 11 is 0. The predicted octanol–water partition coefficient (Wildman–Crippen LogP) is 2.79. The van der Waals surface area contributed by atoms with E-state index in [1.807, 2.05) is 19.2 Å². The van der Waals surface area contributed by atoms with Gasteiger partial charge in [-0.3, -0.25) is 0 Å². The molecule has 0 bridgehead atoms. The van der Waals surface area contributed by atoms with Gasteiger partial charge in [-0.05, 0) is 38.1 Å². The predicted molar refractivity (Wildman–Crippen MR) is 81.3 cm³/mol. The normalized spacial score (nSPS) is 14.0. The van der Waals surface area contributed by atoms with E-state index in [-0.39, 0.29) is 12.1 Å². The van der Waals surface area contributed by atoms with Crippen molar-refractivity contribution >= 4 is 0 Å². The molecule has 114 valence electrons. The van der Waals surface area contributed by atoms with Crippen LogP contribution in [0.25, 0.3) is 0 Å². The number of benzene rings is 1. The van der Waals surface area contributed by atoms with Gasteiger partial charge >= 0.3 is 0 Å². The van der Waals surface area contributed by atoms with Gasteiger partial charge in [-0.1, -0.05) is 19.1 Å². The molecule has 0 saturated carbocycles. The lowest BCUT2D eigenvalue weighted by Crippen LogP contribution is -2.30. The molecule has 0 amide bonds. The standard InChI is InChI=1S/C16H27NO3/c1-5-10-19-11-12-20-13(2)16(17-3)14-6-8-15(18-4)9-7-14/h6-9,13,16-17H,5,10-12H2,1-4H3. The van der Waals surface area contributed by atoms with Crippen molar-refractivity contribution in [2.24, 2.45) is 0 Å². The maximum Gasteiger partial charge on any atom is 0.118 e. The lowest BCUT2D eigenvalue weighted by Gasteiger charge is -2.24. The van der Waals surface area contributed by atoms with Crippen molar-refractivity contribution < 1.29 is 14.2 Å². The van der Waals surface area contributed by atoms with Crippen LogP contribution in [0.3, 0.4) is 0 Å². The van der Waals surface area contributed by atoms with Gasteiger partial charge in [0.25, 0.3) is 0 Å². The number of hydrogen-bond donors (Lipinski definition) is 1. The average molecular weight is 281 g/mol. The number of nitrogens with one attached hydrogen (secondary N) is 1. The number of hydrogen-bond acceptors (Lipinski definition) is 4. The van der Waals surface area contributed by atoms with Gasteiger partial charge < -0.3 is 19.5 Å². The van der Waals surface area contributed by atoms with Crippen molar-refractivity contribution in [3.8, 4) is 5.75 Å². The summed E-state index contributed by atoms with van der Waals surface area (Å²) in [5.74, 6) is 0.866. The van der Waals surface area contributed by atoms with Crippen LogP contribution in [-0.4, -0.2) is 40.1 Å². The Balaban J connectivity index is 2.46. The van der Waals surface area contributed by atoms with Crippen LogP contribution in [0.1, 0.15) is 31.9 Å². The van der Waals surface area contributed by atoms with E-state index >= 15 is 0 Å². The Hall–Kier alpha value is -1.10. The van der Waals surface area contributed by atoms with E-state index in [4.69, 9.17) is 14.2 Å². The second kappa shape index (κ2) is 9.75. The van der Waals surface area contributed by atoms with Crippen molar-refractivity contribution in [3.05, 3.63) is 29.8 Å². The van der Waals surface area contributed by atoms with E-state index in [1.165, 1.54) is 5.56 Å². The molecule has 1 N–H and O–H groups in total. The lowest BCUT2D eigenvalue weighted by molar-refractivity contribution is -0.00237. The van der Waals surface area contributed by atoms with E-state index in [9.17, 15) is 0 Å². The van der Waals surface area contributed by atoms with Crippen LogP contribution in [0.4, 0.5) is 0 Å². The number of ether oxygens (including phenoxy) is 3. The molecule has 0 radical (unpaired) electrons. The molecule has 0 aliphatic heterocycles. The van der Waals surface area contributed by atoms with Crippen LogP contribution in [0.5, 0.6) is 5.75 Å². The Morgan fingerprint density at radius 3 is 2.35 bits per heavy atom. The molecule has 4 nitrogen and oxygen atoms in total. The third-order valence-corrected chi connectivity index (χ3v) is 3.21. The second-order valence-corrected chi connectivity index (χ2v) is 4.73. The molecule has 20 heavy (non-hydrogen) atoms. The maximum atomic E-state index is 5.83. The van der Waals surface area contributed by atoms with Crippen LogP contribution >= 0.6 is 0 Å². The molecule has 0 spiro atoms. The molecule has 0 aromatic heterocycles. The van der Waals surface area contributed by atoms with Crippen LogP contribution in [0.15, 0.2) is 24.3 Å². The van der Waals surface area contributed by atoms with E-state index in [1.54, 1.807) is 7.11 Å². The van der Waals surface area contributed by atoms with Gasteiger partial charge in [0, 0.05) is 6.61 Å². The number of methoxy groups -OCH3 is 1. The zero-order valence-electron chi connectivity index (χ0n) is 13.0. The van der Waals surface area contributed by atoms with E-state index in [0.29, 0.717) is 13.2 Å². The minimum Gasteiger partial charge on any atom is -0.497 e. The summed E-state index contributed by atoms with van der Waals surface area (Å²) in [4.78, 5) is 0. The maximum absolute atomic E-state index is 5.83. The lowest BCUT2D eigenvalue weighted by atomic mass is 10.0. The second-order valence-electron chi connectivity index (χ2n) is 4.73. The van der Waals surface area contributed by atoms with Crippen molar-refractivity contribution in [2.45, 2.75) is 32.4 Å². The molecule has 2 unspecified atom stereocenters. The summed E-state index contributed by atoms with van der Waals surface area (Å²) in [6.45, 7) is 6.24. The quantitative estimate of drug-likeness (QED) is 0.669. The molecule has 0 aliphatic rings. The van der Waals surface area contributed by atoms with Gasteiger partial charge in [0.1, 0.15) is 5.75 Å². The van der Waals surface area contributed by atoms with Gasteiger partial charge in [-0.2, -0.15) is 0 Å². The van der Waals surface area contributed by atoms with Crippen molar-refractivity contribution in [1.29, 1.82) is 0 Å². The minimum absolute atomic E-state index is 0.0821. The molecule has 0 aliphatic carbocycles. The Kier molecular flexibility index (Phi) is 8.26. The largest absolute Gasteiger partial charge is 0.497 e. The molecule has 1 aromatic carbocycles. The molecule has 2 atom stereocenters. The Morgan fingerprint density at radius 2 is 1.80 bits per heavy atom. The summed E-state index contributed by atoms with van der Waals surface area (Å²) in [5, 5.41) is 3.30. The van der Waals surface area contributed by atoms with E-state index < -0.39 is 0 Å². The van der Waals surface area contributed by atoms with Crippen LogP contribution in [0, 0.1) is 0 Å². The zero-order chi connectivity index (χ0) is 14.8. The molecule has 1 rings (SSSR count). The van der Waals surface area contributed by atoms with Crippen LogP contribution in [0.2, 0.25) is 0 Å². The van der Waals surface area contributed by atoms with Gasteiger partial charge in [-0.25, -0.2) is 0 Å². The summed E-state index contributed by atoms with van der Waals surface area (Å²) in [5.41, 5.74) is 1.19. The van der Waals surface area contributed by atoms with Gasteiger partial charge in [0.15, 0.2) is 0 Å². The van der Waals surface area contributed by atoms with Gasteiger partial charge in [0.2, 0.25) is 0 Å². The van der Waals surface area contributed by atoms with Crippen molar-refractivity contribution in [3.63, 3.8) is 0 Å². The van der Waals surface area contributed by atoms with Crippen LogP contribution in [-0.2, 0) is 9.47 Å². The number of likely N-dealkylation sites (N-methyl/N-ethyl adjacent to an activating group) is 1. The Morgan fingerprint density at radius 1 is 1.10 bits per heavy atom. The van der Waals surface area contributed by atoms with Crippen molar-refractivity contribution in [2.75, 3.05) is 34.0 Å². The highest BCUT2D eigenvalue weighted by Crippen LogP contribution is 2.21. The molecule has 4 heteroatoms. The van der Waals surface area contributed by atoms with E-state index in [0.717, 1.165) is 18.8 Å². The molecule has 0 heterocycles. The Bertz CT molecular complexity index is 353. The smallest absolute Gasteiger partial charge is 0.118 e. The summed E-state index contributed by atoms with van der Waals surface area (Å²) in [7, 11) is 3.62. The third kappa shape index (κ3) is 5.49. The summed E-state index contributed by atoms with van der Waals surface area (Å²) < 4.78 is 16.4. The molecular weight excluding hydrogens is 254 g/mol. The fraction of sp³-hybridized carbons (Fsp3) is 0.625. The zero-order valence-corrected chi connectivity index (χ0v) is 13.0. The van der Waals surface area contributed by atoms with Crippen molar-refractivity contribution in [1.82, 2.24) is 5.32 Å². The van der Waals surface area contributed by atoms with Crippen LogP contribution < -0.4 is 10.1 Å². The summed E-state index contributed by atoms with van der Waals surface area (Å²) in [6, 6.07) is 8.22. The van der Waals surface area contributed by atoms with E-state index in [2.05, 4.69) is 31.3 Å². The first-order chi connectivity index (χ1) is 9.72. The van der Waals surface area contributed by atoms with Gasteiger partial charge in [-0.15, -0.1) is 0 Å². The Labute approximate surface area is 122 Å². The first-order valence-electron chi connectivity index (χ1n) is 7.23. The first-order valence-corrected chi connectivity index (χ1v) is 7.23. The highest BCUT2D eigenvalue weighted by molar-refractivity contribution is 5.29. The minimum atomic E-state index is 0.0821. The molecule has 0 fully saturated rings. The first kappa shape index (κ1) is 17.0. The number of rotatable bonds is 10. The molecule has 0 saturated heterocycles. The summed E-state index contributed by atoms with van der Waals surface area (Å²) in [6.07, 6.45) is 1.12. The molecular formula is C16H27NO3. The highest BCUT2D eigenvalue weighted by atomic mass is 16.5.